The van der Waals surface area contributed by atoms with Crippen LogP contribution in [0.4, 0.5) is 5.69 Å². The minimum atomic E-state index is -0.506. The number of benzene rings is 1. The molecular weight excluding hydrogens is 277 g/mol. The molecule has 1 heterocycles. The molecule has 0 amide bonds. The highest BCUT2D eigenvalue weighted by Crippen LogP contribution is 2.26. The van der Waals surface area contributed by atoms with E-state index in [0.717, 1.165) is 5.69 Å². The van der Waals surface area contributed by atoms with Crippen molar-refractivity contribution in [2.75, 3.05) is 5.32 Å². The number of halogens is 2. The maximum Gasteiger partial charge on any atom is 0.167 e. The predicted octanol–water partition coefficient (Wildman–Crippen LogP) is 4.13. The van der Waals surface area contributed by atoms with Crippen molar-refractivity contribution in [3.63, 3.8) is 0 Å². The summed E-state index contributed by atoms with van der Waals surface area (Å²) >= 11 is 12.9. The number of rotatable bonds is 3. The van der Waals surface area contributed by atoms with Gasteiger partial charge in [0.25, 0.3) is 0 Å². The van der Waals surface area contributed by atoms with Crippen LogP contribution >= 0.6 is 34.5 Å². The van der Waals surface area contributed by atoms with Crippen LogP contribution in [0.25, 0.3) is 0 Å². The van der Waals surface area contributed by atoms with Crippen LogP contribution in [-0.4, -0.2) is 4.98 Å². The van der Waals surface area contributed by atoms with Crippen LogP contribution in [0.15, 0.2) is 30.5 Å². The van der Waals surface area contributed by atoms with Crippen molar-refractivity contribution >= 4 is 40.2 Å². The highest BCUT2D eigenvalue weighted by molar-refractivity contribution is 7.15. The van der Waals surface area contributed by atoms with Crippen LogP contribution < -0.4 is 5.32 Å². The SMILES string of the molecule is N#CC(Nc1ccc(Cl)cc1)c1ncc(Cl)s1. The summed E-state index contributed by atoms with van der Waals surface area (Å²) in [6.45, 7) is 0. The second-order valence-corrected chi connectivity index (χ2v) is 5.35. The van der Waals surface area contributed by atoms with E-state index in [1.54, 1.807) is 12.1 Å². The highest BCUT2D eigenvalue weighted by Gasteiger charge is 2.14. The Kier molecular flexibility index (Phi) is 3.85. The van der Waals surface area contributed by atoms with E-state index in [4.69, 9.17) is 28.5 Å². The van der Waals surface area contributed by atoms with Gasteiger partial charge in [0.2, 0.25) is 0 Å². The van der Waals surface area contributed by atoms with Gasteiger partial charge in [-0.3, -0.25) is 0 Å². The smallest absolute Gasteiger partial charge is 0.167 e. The summed E-state index contributed by atoms with van der Waals surface area (Å²) in [5, 5.41) is 13.4. The van der Waals surface area contributed by atoms with Gasteiger partial charge in [-0.25, -0.2) is 4.98 Å². The zero-order valence-electron chi connectivity index (χ0n) is 8.52. The van der Waals surface area contributed by atoms with Crippen molar-refractivity contribution in [3.05, 3.63) is 44.8 Å². The van der Waals surface area contributed by atoms with Crippen molar-refractivity contribution in [2.45, 2.75) is 6.04 Å². The molecule has 0 bridgehead atoms. The first-order chi connectivity index (χ1) is 8.19. The lowest BCUT2D eigenvalue weighted by Gasteiger charge is -2.10. The normalized spacial score (nSPS) is 11.8. The van der Waals surface area contributed by atoms with Crippen LogP contribution in [0.2, 0.25) is 9.36 Å². The van der Waals surface area contributed by atoms with Gasteiger partial charge in [-0.2, -0.15) is 5.26 Å². The molecule has 1 aromatic heterocycles. The summed E-state index contributed by atoms with van der Waals surface area (Å²) in [6, 6.07) is 8.76. The summed E-state index contributed by atoms with van der Waals surface area (Å²) < 4.78 is 0.568. The molecule has 0 aliphatic heterocycles. The summed E-state index contributed by atoms with van der Waals surface area (Å²) in [5.74, 6) is 0. The van der Waals surface area contributed by atoms with Crippen LogP contribution in [0.3, 0.4) is 0 Å². The quantitative estimate of drug-likeness (QED) is 0.922. The summed E-state index contributed by atoms with van der Waals surface area (Å²) in [6.07, 6.45) is 1.54. The van der Waals surface area contributed by atoms with Crippen molar-refractivity contribution in [2.24, 2.45) is 0 Å². The zero-order chi connectivity index (χ0) is 12.3. The van der Waals surface area contributed by atoms with E-state index in [2.05, 4.69) is 16.4 Å². The number of hydrogen-bond acceptors (Lipinski definition) is 4. The van der Waals surface area contributed by atoms with Gasteiger partial charge in [-0.05, 0) is 24.3 Å². The molecule has 0 fully saturated rings. The van der Waals surface area contributed by atoms with Gasteiger partial charge >= 0.3 is 0 Å². The summed E-state index contributed by atoms with van der Waals surface area (Å²) in [7, 11) is 0. The van der Waals surface area contributed by atoms with Crippen molar-refractivity contribution in [1.29, 1.82) is 5.26 Å². The van der Waals surface area contributed by atoms with Gasteiger partial charge < -0.3 is 5.32 Å². The zero-order valence-corrected chi connectivity index (χ0v) is 10.9. The Balaban J connectivity index is 2.16. The molecule has 0 radical (unpaired) electrons. The third-order valence-electron chi connectivity index (χ3n) is 2.03. The topological polar surface area (TPSA) is 48.7 Å². The molecule has 86 valence electrons. The Hall–Kier alpha value is -1.28. The van der Waals surface area contributed by atoms with E-state index < -0.39 is 6.04 Å². The second-order valence-electron chi connectivity index (χ2n) is 3.22. The average Bonchev–Trinajstić information content (AvgIpc) is 2.75. The lowest BCUT2D eigenvalue weighted by molar-refractivity contribution is 0.974. The van der Waals surface area contributed by atoms with Crippen LogP contribution in [0.5, 0.6) is 0 Å². The molecule has 0 spiro atoms. The molecule has 2 rings (SSSR count). The lowest BCUT2D eigenvalue weighted by atomic mass is 10.2. The molecule has 1 N–H and O–H groups in total. The minimum Gasteiger partial charge on any atom is -0.364 e. The van der Waals surface area contributed by atoms with Crippen LogP contribution in [0, 0.1) is 11.3 Å². The Morgan fingerprint density at radius 3 is 2.53 bits per heavy atom. The first-order valence-electron chi connectivity index (χ1n) is 4.72. The first-order valence-corrected chi connectivity index (χ1v) is 6.29. The monoisotopic (exact) mass is 283 g/mol. The van der Waals surface area contributed by atoms with Gasteiger partial charge in [-0.15, -0.1) is 11.3 Å². The number of hydrogen-bond donors (Lipinski definition) is 1. The molecule has 2 aromatic rings. The molecule has 0 saturated heterocycles. The van der Waals surface area contributed by atoms with E-state index in [-0.39, 0.29) is 0 Å². The minimum absolute atomic E-state index is 0.506. The maximum atomic E-state index is 9.09. The second kappa shape index (κ2) is 5.37. The van der Waals surface area contributed by atoms with E-state index in [1.165, 1.54) is 17.5 Å². The number of anilines is 1. The Bertz CT molecular complexity index is 545. The van der Waals surface area contributed by atoms with Gasteiger partial charge in [0, 0.05) is 10.7 Å². The van der Waals surface area contributed by atoms with Crippen LogP contribution in [0.1, 0.15) is 11.0 Å². The Morgan fingerprint density at radius 2 is 2.00 bits per heavy atom. The van der Waals surface area contributed by atoms with Crippen molar-refractivity contribution in [3.8, 4) is 6.07 Å². The van der Waals surface area contributed by atoms with Crippen LogP contribution in [-0.2, 0) is 0 Å². The Morgan fingerprint density at radius 1 is 1.29 bits per heavy atom. The lowest BCUT2D eigenvalue weighted by Crippen LogP contribution is -2.07. The van der Waals surface area contributed by atoms with Gasteiger partial charge in [0.1, 0.15) is 9.34 Å². The third kappa shape index (κ3) is 3.10. The van der Waals surface area contributed by atoms with Gasteiger partial charge in [0.15, 0.2) is 6.04 Å². The van der Waals surface area contributed by atoms with E-state index in [9.17, 15) is 0 Å². The predicted molar refractivity (Wildman–Crippen MR) is 70.6 cm³/mol. The number of aromatic nitrogens is 1. The number of nitrogens with one attached hydrogen (secondary N) is 1. The summed E-state index contributed by atoms with van der Waals surface area (Å²) in [4.78, 5) is 4.08. The molecule has 17 heavy (non-hydrogen) atoms. The fraction of sp³-hybridized carbons (Fsp3) is 0.0909. The molecule has 6 heteroatoms. The van der Waals surface area contributed by atoms with E-state index in [1.807, 2.05) is 12.1 Å². The number of thiazole rings is 1. The third-order valence-corrected chi connectivity index (χ3v) is 3.46. The van der Waals surface area contributed by atoms with E-state index >= 15 is 0 Å². The highest BCUT2D eigenvalue weighted by atomic mass is 35.5. The average molecular weight is 284 g/mol. The number of nitrogens with zero attached hydrogens (tertiary/aromatic N) is 2. The van der Waals surface area contributed by atoms with Crippen molar-refractivity contribution < 1.29 is 0 Å². The first kappa shape index (κ1) is 12.2. The largest absolute Gasteiger partial charge is 0.364 e. The van der Waals surface area contributed by atoms with Gasteiger partial charge in [0.05, 0.1) is 12.3 Å². The van der Waals surface area contributed by atoms with Crippen molar-refractivity contribution in [1.82, 2.24) is 4.98 Å². The fourth-order valence-corrected chi connectivity index (χ4v) is 2.31. The molecule has 0 aliphatic rings. The molecular formula is C11H7Cl2N3S. The molecule has 1 aromatic carbocycles. The Labute approximate surface area is 113 Å². The molecule has 0 saturated carbocycles. The molecule has 3 nitrogen and oxygen atoms in total. The standard InChI is InChI=1S/C11H7Cl2N3S/c12-7-1-3-8(4-2-7)16-9(5-14)11-15-6-10(13)17-11/h1-4,6,9,16H. The molecule has 1 atom stereocenters. The molecule has 1 unspecified atom stereocenters. The fourth-order valence-electron chi connectivity index (χ4n) is 1.26. The van der Waals surface area contributed by atoms with Gasteiger partial charge in [-0.1, -0.05) is 23.2 Å². The number of nitriles is 1. The summed E-state index contributed by atoms with van der Waals surface area (Å²) in [5.41, 5.74) is 0.812. The van der Waals surface area contributed by atoms with E-state index in [0.29, 0.717) is 14.4 Å². The molecule has 0 aliphatic carbocycles. The maximum absolute atomic E-state index is 9.09.